The van der Waals surface area contributed by atoms with Gasteiger partial charge in [-0.3, -0.25) is 4.79 Å². The molecule has 1 aromatic rings. The molecule has 1 unspecified atom stereocenters. The Kier molecular flexibility index (Phi) is 4.46. The summed E-state index contributed by atoms with van der Waals surface area (Å²) in [5.41, 5.74) is 0. The molecule has 0 fully saturated rings. The summed E-state index contributed by atoms with van der Waals surface area (Å²) in [6.07, 6.45) is 0.314. The van der Waals surface area contributed by atoms with Crippen LogP contribution in [0.15, 0.2) is 35.2 Å². The molecule has 1 aromatic carbocycles. The predicted octanol–water partition coefficient (Wildman–Crippen LogP) is 1.51. The highest BCUT2D eigenvalue weighted by molar-refractivity contribution is 7.89. The van der Waals surface area contributed by atoms with E-state index in [0.717, 1.165) is 0 Å². The van der Waals surface area contributed by atoms with Gasteiger partial charge in [0.05, 0.1) is 10.9 Å². The van der Waals surface area contributed by atoms with Gasteiger partial charge in [0.1, 0.15) is 0 Å². The predicted molar refractivity (Wildman–Crippen MR) is 61.7 cm³/mol. The van der Waals surface area contributed by atoms with Crippen molar-refractivity contribution in [3.8, 4) is 0 Å². The number of carbonyl (C=O) groups is 1. The number of halogens is 1. The number of rotatable bonds is 5. The number of sulfonamides is 1. The van der Waals surface area contributed by atoms with Crippen molar-refractivity contribution in [2.24, 2.45) is 0 Å². The van der Waals surface area contributed by atoms with Crippen LogP contribution in [0.25, 0.3) is 0 Å². The van der Waals surface area contributed by atoms with E-state index in [-0.39, 0.29) is 4.90 Å². The first-order chi connectivity index (χ1) is 7.47. The van der Waals surface area contributed by atoms with Crippen LogP contribution in [0.4, 0.5) is 0 Å². The molecule has 0 heterocycles. The van der Waals surface area contributed by atoms with Gasteiger partial charge in [-0.2, -0.15) is 4.72 Å². The van der Waals surface area contributed by atoms with Crippen LogP contribution in [-0.2, 0) is 14.8 Å². The second-order valence-electron chi connectivity index (χ2n) is 3.20. The highest BCUT2D eigenvalue weighted by atomic mass is 35.5. The van der Waals surface area contributed by atoms with E-state index in [1.54, 1.807) is 25.1 Å². The summed E-state index contributed by atoms with van der Waals surface area (Å²) >= 11 is 5.27. The van der Waals surface area contributed by atoms with E-state index in [9.17, 15) is 13.2 Å². The van der Waals surface area contributed by atoms with Gasteiger partial charge in [0.25, 0.3) is 0 Å². The van der Waals surface area contributed by atoms with Crippen LogP contribution in [0.3, 0.4) is 0 Å². The number of nitrogens with one attached hydrogen (secondary N) is 1. The van der Waals surface area contributed by atoms with Crippen LogP contribution >= 0.6 is 11.6 Å². The molecule has 0 aliphatic heterocycles. The standard InChI is InChI=1S/C10H12ClNO3S/c1-2-9(10(11)13)12-16(14,15)8-6-4-3-5-7-8/h3-7,9,12H,2H2,1H3. The Morgan fingerprint density at radius 3 is 2.38 bits per heavy atom. The monoisotopic (exact) mass is 261 g/mol. The van der Waals surface area contributed by atoms with Crippen molar-refractivity contribution in [1.29, 1.82) is 0 Å². The third kappa shape index (κ3) is 3.30. The molecule has 0 aliphatic rings. The first-order valence-corrected chi connectivity index (χ1v) is 6.60. The topological polar surface area (TPSA) is 63.2 Å². The molecule has 1 N–H and O–H groups in total. The summed E-state index contributed by atoms with van der Waals surface area (Å²) in [7, 11) is -3.67. The smallest absolute Gasteiger partial charge is 0.241 e. The summed E-state index contributed by atoms with van der Waals surface area (Å²) in [6.45, 7) is 1.68. The molecule has 0 amide bonds. The number of carbonyl (C=O) groups excluding carboxylic acids is 1. The van der Waals surface area contributed by atoms with Gasteiger partial charge in [-0.05, 0) is 30.2 Å². The van der Waals surface area contributed by atoms with E-state index in [1.807, 2.05) is 0 Å². The van der Waals surface area contributed by atoms with Crippen molar-refractivity contribution < 1.29 is 13.2 Å². The average molecular weight is 262 g/mol. The molecular weight excluding hydrogens is 250 g/mol. The van der Waals surface area contributed by atoms with Gasteiger partial charge in [-0.15, -0.1) is 0 Å². The lowest BCUT2D eigenvalue weighted by molar-refractivity contribution is -0.113. The lowest BCUT2D eigenvalue weighted by Gasteiger charge is -2.12. The van der Waals surface area contributed by atoms with Gasteiger partial charge in [-0.25, -0.2) is 8.42 Å². The SMILES string of the molecule is CCC(NS(=O)(=O)c1ccccc1)C(=O)Cl. The molecule has 6 heteroatoms. The van der Waals surface area contributed by atoms with Crippen molar-refractivity contribution in [2.75, 3.05) is 0 Å². The molecule has 88 valence electrons. The third-order valence-corrected chi connectivity index (χ3v) is 3.78. The second kappa shape index (κ2) is 5.43. The molecule has 1 atom stereocenters. The molecule has 0 saturated heterocycles. The fraction of sp³-hybridized carbons (Fsp3) is 0.300. The molecule has 4 nitrogen and oxygen atoms in total. The largest absolute Gasteiger partial charge is 0.279 e. The van der Waals surface area contributed by atoms with Gasteiger partial charge in [-0.1, -0.05) is 25.1 Å². The third-order valence-electron chi connectivity index (χ3n) is 2.03. The van der Waals surface area contributed by atoms with Crippen molar-refractivity contribution in [2.45, 2.75) is 24.3 Å². The average Bonchev–Trinajstić information content (AvgIpc) is 2.27. The maximum absolute atomic E-state index is 11.8. The summed E-state index contributed by atoms with van der Waals surface area (Å²) in [6, 6.07) is 6.95. The summed E-state index contributed by atoms with van der Waals surface area (Å²) in [5.74, 6) is 0. The van der Waals surface area contributed by atoms with Crippen molar-refractivity contribution >= 4 is 26.9 Å². The molecule has 0 spiro atoms. The van der Waals surface area contributed by atoms with Gasteiger partial charge >= 0.3 is 0 Å². The minimum absolute atomic E-state index is 0.117. The molecule has 0 aliphatic carbocycles. The zero-order valence-corrected chi connectivity index (χ0v) is 10.3. The first kappa shape index (κ1) is 13.2. The van der Waals surface area contributed by atoms with Crippen LogP contribution in [0.1, 0.15) is 13.3 Å². The van der Waals surface area contributed by atoms with Crippen molar-refractivity contribution in [3.05, 3.63) is 30.3 Å². The Morgan fingerprint density at radius 1 is 1.38 bits per heavy atom. The zero-order valence-electron chi connectivity index (χ0n) is 8.68. The molecule has 0 saturated carbocycles. The minimum atomic E-state index is -3.67. The molecule has 1 rings (SSSR count). The molecule has 16 heavy (non-hydrogen) atoms. The number of hydrogen-bond acceptors (Lipinski definition) is 3. The summed E-state index contributed by atoms with van der Waals surface area (Å²) in [4.78, 5) is 11.0. The van der Waals surface area contributed by atoms with Gasteiger partial charge in [0.2, 0.25) is 15.3 Å². The number of hydrogen-bond donors (Lipinski definition) is 1. The Bertz CT molecular complexity index is 458. The summed E-state index contributed by atoms with van der Waals surface area (Å²) in [5, 5.41) is -0.706. The van der Waals surface area contributed by atoms with E-state index < -0.39 is 21.3 Å². The van der Waals surface area contributed by atoms with Crippen LogP contribution in [0, 0.1) is 0 Å². The Labute approximate surface area is 99.7 Å². The van der Waals surface area contributed by atoms with E-state index in [1.165, 1.54) is 12.1 Å². The highest BCUT2D eigenvalue weighted by Gasteiger charge is 2.22. The Morgan fingerprint density at radius 2 is 1.94 bits per heavy atom. The van der Waals surface area contributed by atoms with Crippen LogP contribution in [-0.4, -0.2) is 19.7 Å². The fourth-order valence-electron chi connectivity index (χ4n) is 1.15. The molecular formula is C10H12ClNO3S. The molecule has 0 radical (unpaired) electrons. The Hall–Kier alpha value is -0.910. The summed E-state index contributed by atoms with van der Waals surface area (Å²) < 4.78 is 25.8. The maximum atomic E-state index is 11.8. The molecule has 0 aromatic heterocycles. The normalized spacial score (nSPS) is 13.4. The van der Waals surface area contributed by atoms with Crippen LogP contribution < -0.4 is 4.72 Å². The van der Waals surface area contributed by atoms with Crippen LogP contribution in [0.2, 0.25) is 0 Å². The van der Waals surface area contributed by atoms with E-state index in [4.69, 9.17) is 11.6 Å². The Balaban J connectivity index is 2.92. The van der Waals surface area contributed by atoms with Gasteiger partial charge in [0.15, 0.2) is 0 Å². The van der Waals surface area contributed by atoms with Crippen molar-refractivity contribution in [1.82, 2.24) is 4.72 Å². The van der Waals surface area contributed by atoms with Crippen molar-refractivity contribution in [3.63, 3.8) is 0 Å². The fourth-order valence-corrected chi connectivity index (χ4v) is 2.72. The highest BCUT2D eigenvalue weighted by Crippen LogP contribution is 2.09. The van der Waals surface area contributed by atoms with Gasteiger partial charge < -0.3 is 0 Å². The van der Waals surface area contributed by atoms with Crippen LogP contribution in [0.5, 0.6) is 0 Å². The minimum Gasteiger partial charge on any atom is -0.279 e. The quantitative estimate of drug-likeness (QED) is 0.817. The molecule has 0 bridgehead atoms. The van der Waals surface area contributed by atoms with Gasteiger partial charge in [0, 0.05) is 0 Å². The maximum Gasteiger partial charge on any atom is 0.241 e. The van der Waals surface area contributed by atoms with E-state index >= 15 is 0 Å². The van der Waals surface area contributed by atoms with E-state index in [2.05, 4.69) is 4.72 Å². The van der Waals surface area contributed by atoms with E-state index in [0.29, 0.717) is 6.42 Å². The lowest BCUT2D eigenvalue weighted by atomic mass is 10.3. The lowest BCUT2D eigenvalue weighted by Crippen LogP contribution is -2.38. The zero-order chi connectivity index (χ0) is 12.2. The first-order valence-electron chi connectivity index (χ1n) is 4.74. The second-order valence-corrected chi connectivity index (χ2v) is 5.29. The number of benzene rings is 1.